The van der Waals surface area contributed by atoms with E-state index in [0.717, 1.165) is 37.0 Å². The van der Waals surface area contributed by atoms with Crippen molar-refractivity contribution in [3.8, 4) is 0 Å². The average molecular weight is 403 g/mol. The van der Waals surface area contributed by atoms with Crippen LogP contribution in [0, 0.1) is 34.5 Å². The average Bonchev–Trinajstić information content (AvgIpc) is 3.02. The van der Waals surface area contributed by atoms with Gasteiger partial charge in [-0.1, -0.05) is 59.3 Å². The molecule has 0 bridgehead atoms. The van der Waals surface area contributed by atoms with Gasteiger partial charge in [0, 0.05) is 18.3 Å². The predicted molar refractivity (Wildman–Crippen MR) is 120 cm³/mol. The van der Waals surface area contributed by atoms with E-state index < -0.39 is 5.60 Å². The highest BCUT2D eigenvalue weighted by Crippen LogP contribution is 2.68. The maximum absolute atomic E-state index is 12.1. The Morgan fingerprint density at radius 2 is 1.66 bits per heavy atom. The minimum Gasteiger partial charge on any atom is -0.389 e. The van der Waals surface area contributed by atoms with Crippen LogP contribution in [-0.2, 0) is 4.79 Å². The summed E-state index contributed by atoms with van der Waals surface area (Å²) in [5, 5.41) is 11.5. The van der Waals surface area contributed by atoms with Crippen molar-refractivity contribution in [3.05, 3.63) is 0 Å². The molecule has 1 N–H and O–H groups in total. The molecule has 0 aliphatic heterocycles. The molecule has 1 unspecified atom stereocenters. The fourth-order valence-electron chi connectivity index (χ4n) is 8.79. The molecule has 4 saturated carbocycles. The molecule has 0 amide bonds. The van der Waals surface area contributed by atoms with Gasteiger partial charge in [0.2, 0.25) is 0 Å². The number of carbonyl (C=O) groups excluding carboxylic acids is 1. The Hall–Kier alpha value is -0.370. The zero-order valence-electron chi connectivity index (χ0n) is 19.5. The lowest BCUT2D eigenvalue weighted by Gasteiger charge is -2.63. The summed E-state index contributed by atoms with van der Waals surface area (Å²) in [6.07, 6.45) is 19.5. The normalized spacial score (nSPS) is 46.8. The number of hydrogen-bond acceptors (Lipinski definition) is 2. The molecule has 2 heteroatoms. The maximum atomic E-state index is 12.1. The number of aliphatic hydroxyl groups is 1. The van der Waals surface area contributed by atoms with E-state index in [2.05, 4.69) is 20.8 Å². The molecule has 0 radical (unpaired) electrons. The summed E-state index contributed by atoms with van der Waals surface area (Å²) in [5.74, 6) is 3.53. The molecular formula is C27H46O2. The van der Waals surface area contributed by atoms with Crippen LogP contribution in [0.4, 0.5) is 0 Å². The van der Waals surface area contributed by atoms with Crippen molar-refractivity contribution in [2.24, 2.45) is 34.5 Å². The smallest absolute Gasteiger partial charge is 0.135 e. The second kappa shape index (κ2) is 8.29. The van der Waals surface area contributed by atoms with E-state index in [1.807, 2.05) is 0 Å². The second-order valence-corrected chi connectivity index (χ2v) is 12.0. The third kappa shape index (κ3) is 3.64. The first kappa shape index (κ1) is 21.8. The Labute approximate surface area is 179 Å². The van der Waals surface area contributed by atoms with Gasteiger partial charge in [0.15, 0.2) is 0 Å². The summed E-state index contributed by atoms with van der Waals surface area (Å²) in [7, 11) is 0. The van der Waals surface area contributed by atoms with E-state index in [4.69, 9.17) is 0 Å². The molecule has 29 heavy (non-hydrogen) atoms. The highest BCUT2D eigenvalue weighted by molar-refractivity contribution is 5.80. The summed E-state index contributed by atoms with van der Waals surface area (Å²) >= 11 is 0. The number of unbranched alkanes of at least 4 members (excludes halogenated alkanes) is 5. The summed E-state index contributed by atoms with van der Waals surface area (Å²) in [4.78, 5) is 12.1. The molecule has 0 heterocycles. The van der Waals surface area contributed by atoms with Crippen molar-refractivity contribution in [1.29, 1.82) is 0 Å². The molecule has 4 rings (SSSR count). The Bertz CT molecular complexity index is 599. The zero-order valence-corrected chi connectivity index (χ0v) is 19.5. The Balaban J connectivity index is 1.41. The van der Waals surface area contributed by atoms with Crippen molar-refractivity contribution in [3.63, 3.8) is 0 Å². The van der Waals surface area contributed by atoms with E-state index in [0.29, 0.717) is 30.0 Å². The van der Waals surface area contributed by atoms with Crippen LogP contribution in [0.15, 0.2) is 0 Å². The maximum Gasteiger partial charge on any atom is 0.135 e. The van der Waals surface area contributed by atoms with Gasteiger partial charge < -0.3 is 5.11 Å². The van der Waals surface area contributed by atoms with Gasteiger partial charge in [-0.05, 0) is 80.5 Å². The first-order valence-electron chi connectivity index (χ1n) is 13.1. The predicted octanol–water partition coefficient (Wildman–Crippen LogP) is 7.08. The zero-order chi connectivity index (χ0) is 20.7. The number of Topliss-reactive ketones (excluding diaryl/α,β-unsaturated/α-hetero) is 1. The molecule has 0 aromatic carbocycles. The lowest BCUT2D eigenvalue weighted by molar-refractivity contribution is -0.203. The summed E-state index contributed by atoms with van der Waals surface area (Å²) in [5.41, 5.74) is -0.197. The number of ketones is 1. The Kier molecular flexibility index (Phi) is 6.24. The van der Waals surface area contributed by atoms with Gasteiger partial charge in [0.05, 0.1) is 5.60 Å². The number of hydrogen-bond donors (Lipinski definition) is 1. The minimum atomic E-state index is -0.715. The van der Waals surface area contributed by atoms with Crippen LogP contribution in [0.5, 0.6) is 0 Å². The summed E-state index contributed by atoms with van der Waals surface area (Å²) in [6, 6.07) is 0. The van der Waals surface area contributed by atoms with Crippen LogP contribution < -0.4 is 0 Å². The second-order valence-electron chi connectivity index (χ2n) is 12.0. The van der Waals surface area contributed by atoms with Gasteiger partial charge >= 0.3 is 0 Å². The summed E-state index contributed by atoms with van der Waals surface area (Å²) < 4.78 is 0. The minimum absolute atomic E-state index is 0.0253. The third-order valence-corrected chi connectivity index (χ3v) is 10.7. The molecule has 4 aliphatic carbocycles. The van der Waals surface area contributed by atoms with Gasteiger partial charge in [-0.3, -0.25) is 4.79 Å². The Morgan fingerprint density at radius 3 is 2.45 bits per heavy atom. The van der Waals surface area contributed by atoms with Gasteiger partial charge in [-0.15, -0.1) is 0 Å². The standard InChI is InChI=1S/C27H46O2/c1-4-5-6-7-8-9-10-20-11-12-23-22-14-18-27(29)19-21(28)13-17-26(27,3)24(22)15-16-25(20,23)2/h20,22-24,29H,4-19H2,1-3H3/t20?,22-,23-,24-,25+,26+,27+/m0/s1. The van der Waals surface area contributed by atoms with Crippen LogP contribution in [0.1, 0.15) is 124 Å². The lowest BCUT2D eigenvalue weighted by Crippen LogP contribution is -2.62. The SMILES string of the molecule is CCCCCCCCC1CC[C@H]2[C@@H]3CC[C@@]4(O)CC(=O)CC[C@]4(C)[C@H]3CC[C@]12C. The quantitative estimate of drug-likeness (QED) is 0.462. The molecule has 0 aromatic rings. The fourth-order valence-corrected chi connectivity index (χ4v) is 8.79. The monoisotopic (exact) mass is 402 g/mol. The van der Waals surface area contributed by atoms with Gasteiger partial charge in [0.1, 0.15) is 5.78 Å². The van der Waals surface area contributed by atoms with Crippen LogP contribution >= 0.6 is 0 Å². The van der Waals surface area contributed by atoms with E-state index >= 15 is 0 Å². The lowest BCUT2D eigenvalue weighted by atomic mass is 9.43. The van der Waals surface area contributed by atoms with Crippen molar-refractivity contribution in [1.82, 2.24) is 0 Å². The molecule has 0 spiro atoms. The van der Waals surface area contributed by atoms with Crippen LogP contribution in [0.25, 0.3) is 0 Å². The number of fused-ring (bicyclic) bond motifs is 5. The van der Waals surface area contributed by atoms with E-state index in [1.54, 1.807) is 0 Å². The van der Waals surface area contributed by atoms with Gasteiger partial charge in [0.25, 0.3) is 0 Å². The van der Waals surface area contributed by atoms with Crippen molar-refractivity contribution in [2.45, 2.75) is 129 Å². The molecular weight excluding hydrogens is 356 g/mol. The van der Waals surface area contributed by atoms with Crippen molar-refractivity contribution >= 4 is 5.78 Å². The van der Waals surface area contributed by atoms with E-state index in [-0.39, 0.29) is 5.41 Å². The molecule has 7 atom stereocenters. The van der Waals surface area contributed by atoms with Crippen LogP contribution in [-0.4, -0.2) is 16.5 Å². The highest BCUT2D eigenvalue weighted by Gasteiger charge is 2.64. The highest BCUT2D eigenvalue weighted by atomic mass is 16.3. The van der Waals surface area contributed by atoms with Crippen LogP contribution in [0.3, 0.4) is 0 Å². The Morgan fingerprint density at radius 1 is 0.897 bits per heavy atom. The molecule has 0 saturated heterocycles. The molecule has 4 fully saturated rings. The first-order chi connectivity index (χ1) is 13.8. The molecule has 0 aromatic heterocycles. The number of rotatable bonds is 7. The molecule has 4 aliphatic rings. The van der Waals surface area contributed by atoms with E-state index in [9.17, 15) is 9.90 Å². The summed E-state index contributed by atoms with van der Waals surface area (Å²) in [6.45, 7) is 7.28. The third-order valence-electron chi connectivity index (χ3n) is 10.7. The van der Waals surface area contributed by atoms with Crippen LogP contribution in [0.2, 0.25) is 0 Å². The number of carbonyl (C=O) groups is 1. The van der Waals surface area contributed by atoms with Gasteiger partial charge in [-0.25, -0.2) is 0 Å². The first-order valence-corrected chi connectivity index (χ1v) is 13.1. The van der Waals surface area contributed by atoms with Crippen molar-refractivity contribution < 1.29 is 9.90 Å². The molecule has 2 nitrogen and oxygen atoms in total. The van der Waals surface area contributed by atoms with E-state index in [1.165, 1.54) is 70.6 Å². The van der Waals surface area contributed by atoms with Gasteiger partial charge in [-0.2, -0.15) is 0 Å². The fraction of sp³-hybridized carbons (Fsp3) is 0.963. The largest absolute Gasteiger partial charge is 0.389 e. The topological polar surface area (TPSA) is 37.3 Å². The van der Waals surface area contributed by atoms with Crippen molar-refractivity contribution in [2.75, 3.05) is 0 Å². The molecule has 166 valence electrons.